The third-order valence-electron chi connectivity index (χ3n) is 7.95. The maximum atomic E-state index is 6.02. The van der Waals surface area contributed by atoms with Gasteiger partial charge in [0.2, 0.25) is 0 Å². The van der Waals surface area contributed by atoms with E-state index in [4.69, 9.17) is 24.5 Å². The predicted octanol–water partition coefficient (Wildman–Crippen LogP) is 3.85. The molecule has 1 unspecified atom stereocenters. The summed E-state index contributed by atoms with van der Waals surface area (Å²) < 4.78 is 13.7. The van der Waals surface area contributed by atoms with Gasteiger partial charge in [-0.3, -0.25) is 0 Å². The van der Waals surface area contributed by atoms with Gasteiger partial charge in [0.1, 0.15) is 29.5 Å². The largest absolute Gasteiger partial charge is 0.493 e. The Labute approximate surface area is 222 Å². The van der Waals surface area contributed by atoms with Crippen LogP contribution in [0.1, 0.15) is 44.3 Å². The van der Waals surface area contributed by atoms with Crippen LogP contribution in [-0.2, 0) is 4.74 Å². The molecule has 6 heterocycles. The average Bonchev–Trinajstić information content (AvgIpc) is 3.36. The molecule has 3 aliphatic rings. The zero-order valence-corrected chi connectivity index (χ0v) is 21.9. The van der Waals surface area contributed by atoms with Gasteiger partial charge in [0.25, 0.3) is 0 Å². The van der Waals surface area contributed by atoms with E-state index in [-0.39, 0.29) is 6.04 Å². The molecule has 10 nitrogen and oxygen atoms in total. The molecule has 0 radical (unpaired) electrons. The molecular formula is C28H34N8O2. The van der Waals surface area contributed by atoms with Crippen LogP contribution in [-0.4, -0.2) is 77.1 Å². The van der Waals surface area contributed by atoms with Crippen LogP contribution in [0, 0.1) is 0 Å². The van der Waals surface area contributed by atoms with Crippen molar-refractivity contribution in [3.8, 4) is 5.75 Å². The third-order valence-corrected chi connectivity index (χ3v) is 7.95. The van der Waals surface area contributed by atoms with Crippen molar-refractivity contribution in [2.75, 3.05) is 67.2 Å². The summed E-state index contributed by atoms with van der Waals surface area (Å²) in [5, 5.41) is 6.18. The van der Waals surface area contributed by atoms with Crippen molar-refractivity contribution in [2.24, 2.45) is 0 Å². The van der Waals surface area contributed by atoms with Crippen molar-refractivity contribution < 1.29 is 9.47 Å². The van der Waals surface area contributed by atoms with Crippen LogP contribution in [0.2, 0.25) is 0 Å². The van der Waals surface area contributed by atoms with Crippen LogP contribution in [0.25, 0.3) is 16.6 Å². The van der Waals surface area contributed by atoms with Crippen LogP contribution in [0.4, 0.5) is 17.5 Å². The summed E-state index contributed by atoms with van der Waals surface area (Å²) >= 11 is 0. The number of ether oxygens (including phenoxy) is 2. The van der Waals surface area contributed by atoms with Crippen molar-refractivity contribution >= 4 is 34.0 Å². The number of anilines is 3. The number of morpholine rings is 1. The Balaban J connectivity index is 1.33. The van der Waals surface area contributed by atoms with Gasteiger partial charge < -0.3 is 24.2 Å². The summed E-state index contributed by atoms with van der Waals surface area (Å²) in [5.74, 6) is 3.89. The minimum absolute atomic E-state index is 0.100. The number of nitrogens with zero attached hydrogens (tertiary/aromatic N) is 8. The molecule has 7 rings (SSSR count). The molecule has 3 fully saturated rings. The first-order valence-electron chi connectivity index (χ1n) is 13.9. The minimum atomic E-state index is 0.100. The van der Waals surface area contributed by atoms with Gasteiger partial charge in [-0.2, -0.15) is 9.61 Å². The van der Waals surface area contributed by atoms with Crippen molar-refractivity contribution in [1.29, 1.82) is 0 Å². The zero-order valence-electron chi connectivity index (χ0n) is 21.9. The van der Waals surface area contributed by atoms with Gasteiger partial charge in [-0.1, -0.05) is 6.07 Å². The molecule has 38 heavy (non-hydrogen) atoms. The van der Waals surface area contributed by atoms with Gasteiger partial charge in [-0.25, -0.2) is 15.0 Å². The Morgan fingerprint density at radius 2 is 1.87 bits per heavy atom. The highest BCUT2D eigenvalue weighted by Gasteiger charge is 2.31. The second-order valence-electron chi connectivity index (χ2n) is 10.2. The lowest BCUT2D eigenvalue weighted by molar-refractivity contribution is 0.122. The van der Waals surface area contributed by atoms with E-state index in [1.807, 2.05) is 29.6 Å². The van der Waals surface area contributed by atoms with E-state index in [1.165, 1.54) is 6.42 Å². The normalized spacial score (nSPS) is 20.2. The lowest BCUT2D eigenvalue weighted by atomic mass is 9.98. The smallest absolute Gasteiger partial charge is 0.160 e. The molecule has 0 spiro atoms. The second-order valence-corrected chi connectivity index (χ2v) is 10.2. The number of hydrogen-bond acceptors (Lipinski definition) is 9. The molecule has 0 bridgehead atoms. The molecule has 4 aromatic rings. The van der Waals surface area contributed by atoms with Gasteiger partial charge >= 0.3 is 0 Å². The van der Waals surface area contributed by atoms with Crippen LogP contribution in [0.3, 0.4) is 0 Å². The third kappa shape index (κ3) is 4.07. The summed E-state index contributed by atoms with van der Waals surface area (Å²) in [6.07, 6.45) is 6.16. The molecule has 0 saturated carbocycles. The summed E-state index contributed by atoms with van der Waals surface area (Å²) in [4.78, 5) is 21.5. The molecule has 1 atom stereocenters. The van der Waals surface area contributed by atoms with E-state index in [2.05, 4.69) is 31.8 Å². The quantitative estimate of drug-likeness (QED) is 0.381. The fraction of sp³-hybridized carbons (Fsp3) is 0.500. The number of aromatic nitrogens is 5. The van der Waals surface area contributed by atoms with Gasteiger partial charge in [0.15, 0.2) is 5.65 Å². The summed E-state index contributed by atoms with van der Waals surface area (Å²) in [6, 6.07) is 10.5. The van der Waals surface area contributed by atoms with E-state index in [0.717, 1.165) is 111 Å². The topological polar surface area (TPSA) is 84.2 Å². The maximum absolute atomic E-state index is 6.02. The number of fused-ring (bicyclic) bond motifs is 2. The highest BCUT2D eigenvalue weighted by atomic mass is 16.5. The SMILES string of the molecule is CCOc1cccc2ncnc(N3CCCCC3c3cc4nc(N5CCC5)cc(N5CCOCC5)n4n3)c12. The molecule has 0 aliphatic carbocycles. The lowest BCUT2D eigenvalue weighted by Crippen LogP contribution is -2.40. The van der Waals surface area contributed by atoms with Crippen LogP contribution in [0.15, 0.2) is 36.7 Å². The van der Waals surface area contributed by atoms with Crippen LogP contribution >= 0.6 is 0 Å². The Kier molecular flexibility index (Phi) is 6.11. The molecule has 1 aromatic carbocycles. The van der Waals surface area contributed by atoms with Gasteiger partial charge in [-0.05, 0) is 44.7 Å². The standard InChI is InChI=1S/C28H34N8O2/c1-2-38-23-9-5-7-20-27(23)28(30-19-29-20)35-12-4-3-8-22(35)21-17-25-31-24(33-10-6-11-33)18-26(36(25)32-21)34-13-15-37-16-14-34/h5,7,9,17-19,22H,2-4,6,8,10-16H2,1H3. The fourth-order valence-electron chi connectivity index (χ4n) is 5.90. The van der Waals surface area contributed by atoms with Crippen molar-refractivity contribution in [3.05, 3.63) is 42.4 Å². The van der Waals surface area contributed by atoms with Gasteiger partial charge in [0, 0.05) is 44.9 Å². The Morgan fingerprint density at radius 3 is 2.68 bits per heavy atom. The molecule has 3 aliphatic heterocycles. The first-order valence-corrected chi connectivity index (χ1v) is 13.9. The highest BCUT2D eigenvalue weighted by molar-refractivity contribution is 5.95. The van der Waals surface area contributed by atoms with Crippen LogP contribution < -0.4 is 19.4 Å². The van der Waals surface area contributed by atoms with E-state index in [9.17, 15) is 0 Å². The molecule has 3 aromatic heterocycles. The number of rotatable bonds is 6. The first-order chi connectivity index (χ1) is 18.8. The molecular weight excluding hydrogens is 480 g/mol. The van der Waals surface area contributed by atoms with E-state index in [0.29, 0.717) is 6.61 Å². The monoisotopic (exact) mass is 514 g/mol. The highest BCUT2D eigenvalue weighted by Crippen LogP contribution is 2.40. The lowest BCUT2D eigenvalue weighted by Gasteiger charge is -2.36. The summed E-state index contributed by atoms with van der Waals surface area (Å²) in [5.41, 5.74) is 2.84. The molecule has 3 saturated heterocycles. The fourth-order valence-corrected chi connectivity index (χ4v) is 5.90. The minimum Gasteiger partial charge on any atom is -0.493 e. The predicted molar refractivity (Wildman–Crippen MR) is 147 cm³/mol. The summed E-state index contributed by atoms with van der Waals surface area (Å²) in [6.45, 7) is 8.82. The second kappa shape index (κ2) is 9.90. The van der Waals surface area contributed by atoms with Gasteiger partial charge in [-0.15, -0.1) is 0 Å². The number of piperidine rings is 1. The van der Waals surface area contributed by atoms with Crippen molar-refractivity contribution in [2.45, 2.75) is 38.6 Å². The zero-order chi connectivity index (χ0) is 25.5. The Morgan fingerprint density at radius 1 is 0.974 bits per heavy atom. The van der Waals surface area contributed by atoms with Crippen molar-refractivity contribution in [3.63, 3.8) is 0 Å². The van der Waals surface area contributed by atoms with E-state index < -0.39 is 0 Å². The molecule has 198 valence electrons. The average molecular weight is 515 g/mol. The van der Waals surface area contributed by atoms with E-state index >= 15 is 0 Å². The van der Waals surface area contributed by atoms with Crippen LogP contribution in [0.5, 0.6) is 5.75 Å². The van der Waals surface area contributed by atoms with E-state index in [1.54, 1.807) is 6.33 Å². The number of hydrogen-bond donors (Lipinski definition) is 0. The maximum Gasteiger partial charge on any atom is 0.160 e. The van der Waals surface area contributed by atoms with Crippen molar-refractivity contribution in [1.82, 2.24) is 24.6 Å². The molecule has 0 N–H and O–H groups in total. The van der Waals surface area contributed by atoms with Gasteiger partial charge in [0.05, 0.1) is 42.5 Å². The Hall–Kier alpha value is -3.66. The number of benzene rings is 1. The molecule has 0 amide bonds. The summed E-state index contributed by atoms with van der Waals surface area (Å²) in [7, 11) is 0. The first kappa shape index (κ1) is 23.5. The Bertz CT molecular complexity index is 1440. The molecule has 10 heteroatoms.